The number of hydrogen-bond donors (Lipinski definition) is 0. The fraction of sp³-hybridized carbons (Fsp3) is 0.0714. The van der Waals surface area contributed by atoms with Crippen LogP contribution < -0.4 is 29.2 Å². The van der Waals surface area contributed by atoms with Gasteiger partial charge in [0, 0.05) is 45.7 Å². The van der Waals surface area contributed by atoms with Gasteiger partial charge in [-0.15, -0.1) is 0 Å². The molecule has 7 aromatic carbocycles. The van der Waals surface area contributed by atoms with Crippen molar-refractivity contribution in [1.82, 2.24) is 0 Å². The molecule has 9 aromatic rings. The smallest absolute Gasteiger partial charge is 0.223 e. The molecule has 0 aliphatic rings. The molecule has 0 N–H and O–H groups in total. The van der Waals surface area contributed by atoms with Gasteiger partial charge in [0.05, 0.1) is 7.32 Å². The third-order valence-electron chi connectivity index (χ3n) is 10.5. The van der Waals surface area contributed by atoms with Gasteiger partial charge in [0.1, 0.15) is 0 Å². The zero-order valence-corrected chi connectivity index (χ0v) is 35.5. The average molecular weight is 841 g/mol. The van der Waals surface area contributed by atoms with E-state index in [0.29, 0.717) is 6.42 Å². The van der Waals surface area contributed by atoms with Crippen molar-refractivity contribution in [2.45, 2.75) is 18.3 Å². The van der Waals surface area contributed by atoms with E-state index in [1.807, 2.05) is 176 Å². The first kappa shape index (κ1) is 44.4. The van der Waals surface area contributed by atoms with Gasteiger partial charge in [-0.1, -0.05) is 188 Å². The van der Waals surface area contributed by atoms with Gasteiger partial charge in [-0.2, -0.15) is 0 Å². The Morgan fingerprint density at radius 3 is 0.984 bits per heavy atom. The predicted octanol–water partition coefficient (Wildman–Crippen LogP) is 9.49. The largest absolute Gasteiger partial charge is 0.871 e. The molecule has 0 atom stereocenters. The van der Waals surface area contributed by atoms with Crippen LogP contribution in [0.1, 0.15) is 29.5 Å². The zero-order valence-electron chi connectivity index (χ0n) is 35.5. The maximum atomic E-state index is 10.7. The summed E-state index contributed by atoms with van der Waals surface area (Å²) in [6, 6.07) is 79.4. The summed E-state index contributed by atoms with van der Waals surface area (Å²) in [7, 11) is -2.23. The second-order valence-electron chi connectivity index (χ2n) is 14.7. The molecule has 0 aliphatic heterocycles. The monoisotopic (exact) mass is 840 g/mol. The Kier molecular flexibility index (Phi) is 16.4. The van der Waals surface area contributed by atoms with E-state index in [1.54, 1.807) is 9.46 Å². The number of hydrogen-bond acceptors (Lipinski definition) is 5. The van der Waals surface area contributed by atoms with E-state index in [-0.39, 0.29) is 12.0 Å². The molecule has 0 radical (unpaired) electrons. The van der Waals surface area contributed by atoms with Gasteiger partial charge in [0.15, 0.2) is 0 Å². The first-order valence-electron chi connectivity index (χ1n) is 21.3. The Balaban J connectivity index is 0.000000146. The number of pyridine rings is 2. The molecule has 7 nitrogen and oxygen atoms in total. The Morgan fingerprint density at radius 2 is 0.656 bits per heavy atom. The van der Waals surface area contributed by atoms with Crippen LogP contribution in [-0.2, 0) is 10.1 Å². The quantitative estimate of drug-likeness (QED) is 0.0472. The normalized spacial score (nSPS) is 10.6. The van der Waals surface area contributed by atoms with Gasteiger partial charge >= 0.3 is 0 Å². The van der Waals surface area contributed by atoms with Crippen molar-refractivity contribution >= 4 is 7.32 Å². The van der Waals surface area contributed by atoms with E-state index in [9.17, 15) is 10.0 Å². The molecule has 0 saturated heterocycles. The summed E-state index contributed by atoms with van der Waals surface area (Å²) in [5.41, 5.74) is 7.96. The molecule has 64 heavy (non-hydrogen) atoms. The lowest BCUT2D eigenvalue weighted by molar-refractivity contribution is -0.875. The van der Waals surface area contributed by atoms with Crippen molar-refractivity contribution in [2.75, 3.05) is 6.61 Å². The Morgan fingerprint density at radius 1 is 0.359 bits per heavy atom. The van der Waals surface area contributed by atoms with Gasteiger partial charge in [0.25, 0.3) is 0 Å². The Labute approximate surface area is 376 Å². The third kappa shape index (κ3) is 12.7. The molecule has 0 bridgehead atoms. The van der Waals surface area contributed by atoms with Crippen molar-refractivity contribution in [3.8, 4) is 33.8 Å². The highest BCUT2D eigenvalue weighted by molar-refractivity contribution is 6.28. The van der Waals surface area contributed by atoms with Gasteiger partial charge < -0.3 is 14.7 Å². The highest BCUT2D eigenvalue weighted by Gasteiger charge is 2.35. The summed E-state index contributed by atoms with van der Waals surface area (Å²) in [4.78, 5) is 11.4. The summed E-state index contributed by atoms with van der Waals surface area (Å²) < 4.78 is 8.09. The van der Waals surface area contributed by atoms with E-state index < -0.39 is 7.32 Å². The van der Waals surface area contributed by atoms with Crippen LogP contribution in [0, 0.1) is 0 Å². The summed E-state index contributed by atoms with van der Waals surface area (Å²) in [6.07, 6.45) is 8.81. The van der Waals surface area contributed by atoms with E-state index in [2.05, 4.69) is 84.9 Å². The first-order valence-corrected chi connectivity index (χ1v) is 21.3. The van der Waals surface area contributed by atoms with E-state index >= 15 is 0 Å². The number of aromatic nitrogens is 2. The van der Waals surface area contributed by atoms with Gasteiger partial charge in [-0.05, 0) is 76.1 Å². The van der Waals surface area contributed by atoms with Crippen molar-refractivity contribution in [3.63, 3.8) is 0 Å². The second kappa shape index (κ2) is 23.6. The third-order valence-corrected chi connectivity index (χ3v) is 10.5. The van der Waals surface area contributed by atoms with Crippen LogP contribution >= 0.6 is 0 Å². The van der Waals surface area contributed by atoms with Gasteiger partial charge in [-0.25, -0.2) is 9.68 Å². The van der Waals surface area contributed by atoms with E-state index in [1.165, 1.54) is 38.9 Å². The molecular formula is C56H49BN2O5. The van der Waals surface area contributed by atoms with Crippen molar-refractivity contribution in [2.24, 2.45) is 0 Å². The molecule has 9 rings (SSSR count). The first-order chi connectivity index (χ1) is 31.6. The molecule has 0 aliphatic carbocycles. The molecule has 0 amide bonds. The lowest BCUT2D eigenvalue weighted by Gasteiger charge is -2.37. The summed E-state index contributed by atoms with van der Waals surface area (Å²) in [6.45, 7) is 0.159. The predicted molar refractivity (Wildman–Crippen MR) is 249 cm³/mol. The van der Waals surface area contributed by atoms with Crippen molar-refractivity contribution < 1.29 is 33.8 Å². The lowest BCUT2D eigenvalue weighted by atomic mass is 9.67. The molecule has 0 saturated carbocycles. The SMILES string of the molecule is [O-]B([O-])OCCCC(c1ccccc1)(c1ccccc1)c1ccccc1.c1ccc(-c2ccc(O[n+]3ccccc3)cc2)cc1.c1ccc(-c2ccc(O[n+]3ccccc3)cc2)cc1. The van der Waals surface area contributed by atoms with E-state index in [0.717, 1.165) is 17.9 Å². The van der Waals surface area contributed by atoms with Gasteiger partial charge in [-0.3, -0.25) is 0 Å². The maximum Gasteiger partial charge on any atom is 0.223 e. The van der Waals surface area contributed by atoms with Crippen LogP contribution in [0.4, 0.5) is 0 Å². The average Bonchev–Trinajstić information content (AvgIpc) is 3.37. The summed E-state index contributed by atoms with van der Waals surface area (Å²) in [5.74, 6) is 1.63. The Bertz CT molecular complexity index is 2430. The molecule has 0 fully saturated rings. The summed E-state index contributed by atoms with van der Waals surface area (Å²) in [5, 5.41) is 21.4. The maximum absolute atomic E-state index is 10.7. The van der Waals surface area contributed by atoms with Crippen LogP contribution in [0.5, 0.6) is 11.5 Å². The van der Waals surface area contributed by atoms with Crippen LogP contribution in [-0.4, -0.2) is 13.9 Å². The second-order valence-corrected chi connectivity index (χ2v) is 14.7. The highest BCUT2D eigenvalue weighted by atomic mass is 16.7. The van der Waals surface area contributed by atoms with Crippen LogP contribution in [0.25, 0.3) is 22.3 Å². The zero-order chi connectivity index (χ0) is 44.1. The molecular weight excluding hydrogens is 791 g/mol. The number of nitrogens with zero attached hydrogens (tertiary/aromatic N) is 2. The van der Waals surface area contributed by atoms with Crippen molar-refractivity contribution in [3.05, 3.63) is 278 Å². The molecule has 2 aromatic heterocycles. The van der Waals surface area contributed by atoms with Crippen LogP contribution in [0.2, 0.25) is 0 Å². The highest BCUT2D eigenvalue weighted by Crippen LogP contribution is 2.43. The summed E-state index contributed by atoms with van der Waals surface area (Å²) >= 11 is 0. The molecule has 2 heterocycles. The molecule has 0 unspecified atom stereocenters. The number of rotatable bonds is 14. The van der Waals surface area contributed by atoms with E-state index in [4.69, 9.17) is 14.3 Å². The van der Waals surface area contributed by atoms with Gasteiger partial charge in [0.2, 0.25) is 36.3 Å². The fourth-order valence-electron chi connectivity index (χ4n) is 7.43. The number of benzene rings is 7. The minimum Gasteiger partial charge on any atom is -0.871 e. The minimum atomic E-state index is -2.23. The lowest BCUT2D eigenvalue weighted by Crippen LogP contribution is -2.48. The minimum absolute atomic E-state index is 0.159. The van der Waals surface area contributed by atoms with Crippen molar-refractivity contribution in [1.29, 1.82) is 0 Å². The fourth-order valence-corrected chi connectivity index (χ4v) is 7.43. The van der Waals surface area contributed by atoms with Crippen LogP contribution in [0.15, 0.2) is 261 Å². The molecule has 8 heteroatoms. The standard InChI is InChI=1S/C22H21BO3.2C17H14NO/c24-23(25)26-18-10-17-22(19-11-4-1-5-12-19,20-13-6-2-7-14-20)21-15-8-3-9-16-21;2*1-3-7-15(8-4-1)16-9-11-17(12-10-16)19-18-13-5-2-6-14-18/h1-9,11-16H,10,17-18H2;2*1-14H/q-2;2*+1. The topological polar surface area (TPSA) is 81.6 Å². The molecule has 0 spiro atoms. The Hall–Kier alpha value is -7.62. The van der Waals surface area contributed by atoms with Crippen LogP contribution in [0.3, 0.4) is 0 Å². The molecule has 316 valence electrons.